The van der Waals surface area contributed by atoms with Crippen molar-refractivity contribution in [3.05, 3.63) is 59.3 Å². The third-order valence-corrected chi connectivity index (χ3v) is 2.01. The first-order chi connectivity index (χ1) is 9.16. The van der Waals surface area contributed by atoms with Gasteiger partial charge in [-0.05, 0) is 30.2 Å². The van der Waals surface area contributed by atoms with Crippen molar-refractivity contribution in [3.8, 4) is 11.8 Å². The molecule has 1 N–H and O–H groups in total. The average molecular weight is 260 g/mol. The number of carboxylic acid groups (broad SMARTS) is 1. The Balaban J connectivity index is 0.000000861. The molecule has 1 aromatic heterocycles. The summed E-state index contributed by atoms with van der Waals surface area (Å²) in [7, 11) is 0. The van der Waals surface area contributed by atoms with E-state index in [0.29, 0.717) is 0 Å². The van der Waals surface area contributed by atoms with Crippen LogP contribution in [0.5, 0.6) is 0 Å². The molecule has 0 atom stereocenters. The molecule has 1 aromatic carbocycles. The zero-order valence-electron chi connectivity index (χ0n) is 10.6. The van der Waals surface area contributed by atoms with E-state index >= 15 is 0 Å². The molecule has 0 fully saturated rings. The predicted molar refractivity (Wildman–Crippen MR) is 69.4 cm³/mol. The lowest BCUT2D eigenvalue weighted by Gasteiger charge is -1.90. The van der Waals surface area contributed by atoms with E-state index in [9.17, 15) is 9.18 Å². The number of carbonyl (C=O) groups is 1. The van der Waals surface area contributed by atoms with E-state index in [1.54, 1.807) is 12.1 Å². The van der Waals surface area contributed by atoms with Crippen molar-refractivity contribution in [2.45, 2.75) is 13.8 Å². The Morgan fingerprint density at radius 3 is 2.42 bits per heavy atom. The first kappa shape index (κ1) is 14.5. The number of hydrogen-bond acceptors (Lipinski definition) is 2. The highest BCUT2D eigenvalue weighted by Crippen LogP contribution is 2.08. The van der Waals surface area contributed by atoms with Gasteiger partial charge in [-0.1, -0.05) is 31.9 Å². The van der Waals surface area contributed by atoms with E-state index in [-0.39, 0.29) is 17.1 Å². The molecule has 0 saturated heterocycles. The summed E-state index contributed by atoms with van der Waals surface area (Å²) >= 11 is 0. The van der Waals surface area contributed by atoms with Gasteiger partial charge in [0.25, 0.3) is 0 Å². The molecule has 2 rings (SSSR count). The summed E-state index contributed by atoms with van der Waals surface area (Å²) in [5, 5.41) is 8.63. The summed E-state index contributed by atoms with van der Waals surface area (Å²) < 4.78 is 18.1. The molecule has 1 heterocycles. The molecule has 0 amide bonds. The summed E-state index contributed by atoms with van der Waals surface area (Å²) in [6.07, 6.45) is 0. The predicted octanol–water partition coefficient (Wildman–Crippen LogP) is 3.54. The Hall–Kier alpha value is -2.54. The second-order valence-corrected chi connectivity index (χ2v) is 3.20. The monoisotopic (exact) mass is 260 g/mol. The van der Waals surface area contributed by atoms with Crippen LogP contribution >= 0.6 is 0 Å². The van der Waals surface area contributed by atoms with Gasteiger partial charge in [0.1, 0.15) is 5.82 Å². The van der Waals surface area contributed by atoms with Gasteiger partial charge in [0, 0.05) is 0 Å². The van der Waals surface area contributed by atoms with Crippen molar-refractivity contribution in [2.75, 3.05) is 0 Å². The largest absolute Gasteiger partial charge is 0.475 e. The van der Waals surface area contributed by atoms with Crippen LogP contribution in [0.25, 0.3) is 0 Å². The Morgan fingerprint density at radius 1 is 1.16 bits per heavy atom. The fraction of sp³-hybridized carbons (Fsp3) is 0.133. The number of benzene rings is 1. The molecule has 0 aliphatic heterocycles. The first-order valence-electron chi connectivity index (χ1n) is 5.76. The Kier molecular flexibility index (Phi) is 5.36. The highest BCUT2D eigenvalue weighted by molar-refractivity contribution is 5.84. The SMILES string of the molecule is CC.O=C(O)c1ccc(C#Cc2ccccc2F)o1. The normalized spacial score (nSPS) is 8.79. The molecule has 2 aromatic rings. The average Bonchev–Trinajstić information content (AvgIpc) is 2.89. The first-order valence-corrected chi connectivity index (χ1v) is 5.76. The van der Waals surface area contributed by atoms with Crippen LogP contribution in [0.3, 0.4) is 0 Å². The summed E-state index contributed by atoms with van der Waals surface area (Å²) in [5.74, 6) is 3.53. The molecule has 0 aliphatic rings. The summed E-state index contributed by atoms with van der Waals surface area (Å²) in [4.78, 5) is 10.5. The number of hydrogen-bond donors (Lipinski definition) is 1. The van der Waals surface area contributed by atoms with E-state index in [1.807, 2.05) is 13.8 Å². The van der Waals surface area contributed by atoms with Crippen LogP contribution in [-0.2, 0) is 0 Å². The number of carboxylic acids is 1. The quantitative estimate of drug-likeness (QED) is 0.798. The highest BCUT2D eigenvalue weighted by Gasteiger charge is 2.06. The minimum atomic E-state index is -1.16. The minimum absolute atomic E-state index is 0.186. The van der Waals surface area contributed by atoms with Crippen LogP contribution in [0.4, 0.5) is 4.39 Å². The van der Waals surface area contributed by atoms with Gasteiger partial charge in [0.05, 0.1) is 5.56 Å². The Labute approximate surface area is 110 Å². The second-order valence-electron chi connectivity index (χ2n) is 3.20. The lowest BCUT2D eigenvalue weighted by atomic mass is 10.2. The molecule has 4 heteroatoms. The van der Waals surface area contributed by atoms with E-state index in [2.05, 4.69) is 11.8 Å². The van der Waals surface area contributed by atoms with Crippen molar-refractivity contribution >= 4 is 5.97 Å². The van der Waals surface area contributed by atoms with Crippen LogP contribution in [0, 0.1) is 17.7 Å². The van der Waals surface area contributed by atoms with Gasteiger partial charge in [-0.15, -0.1) is 0 Å². The Bertz CT molecular complexity index is 618. The van der Waals surface area contributed by atoms with Gasteiger partial charge >= 0.3 is 5.97 Å². The number of aromatic carboxylic acids is 1. The second kappa shape index (κ2) is 7.02. The van der Waals surface area contributed by atoms with Crippen LogP contribution in [0.15, 0.2) is 40.8 Å². The zero-order chi connectivity index (χ0) is 14.3. The van der Waals surface area contributed by atoms with Gasteiger partial charge in [-0.25, -0.2) is 9.18 Å². The topological polar surface area (TPSA) is 50.4 Å². The van der Waals surface area contributed by atoms with Gasteiger partial charge < -0.3 is 9.52 Å². The molecule has 0 saturated carbocycles. The lowest BCUT2D eigenvalue weighted by molar-refractivity contribution is 0.0662. The molecule has 98 valence electrons. The molecular formula is C15H13FO3. The fourth-order valence-electron chi connectivity index (χ4n) is 1.21. The smallest absolute Gasteiger partial charge is 0.371 e. The van der Waals surface area contributed by atoms with Gasteiger partial charge in [-0.2, -0.15) is 0 Å². The van der Waals surface area contributed by atoms with E-state index in [0.717, 1.165) is 0 Å². The van der Waals surface area contributed by atoms with Crippen LogP contribution in [0.2, 0.25) is 0 Å². The van der Waals surface area contributed by atoms with Crippen LogP contribution in [-0.4, -0.2) is 11.1 Å². The lowest BCUT2D eigenvalue weighted by Crippen LogP contribution is -1.91. The maximum atomic E-state index is 13.2. The third kappa shape index (κ3) is 4.00. The summed E-state index contributed by atoms with van der Waals surface area (Å²) in [6, 6.07) is 8.79. The van der Waals surface area contributed by atoms with Crippen molar-refractivity contribution in [1.29, 1.82) is 0 Å². The molecular weight excluding hydrogens is 247 g/mol. The van der Waals surface area contributed by atoms with Crippen LogP contribution < -0.4 is 0 Å². The van der Waals surface area contributed by atoms with Crippen LogP contribution in [0.1, 0.15) is 35.7 Å². The molecule has 0 spiro atoms. The summed E-state index contributed by atoms with van der Waals surface area (Å²) in [5.41, 5.74) is 0.237. The van der Waals surface area contributed by atoms with Crippen molar-refractivity contribution in [1.82, 2.24) is 0 Å². The van der Waals surface area contributed by atoms with E-state index in [1.165, 1.54) is 24.3 Å². The fourth-order valence-corrected chi connectivity index (χ4v) is 1.21. The van der Waals surface area contributed by atoms with Crippen molar-refractivity contribution in [3.63, 3.8) is 0 Å². The maximum Gasteiger partial charge on any atom is 0.371 e. The van der Waals surface area contributed by atoms with Gasteiger partial charge in [-0.3, -0.25) is 0 Å². The number of furan rings is 1. The summed E-state index contributed by atoms with van der Waals surface area (Å²) in [6.45, 7) is 4.00. The third-order valence-electron chi connectivity index (χ3n) is 2.01. The molecule has 0 radical (unpaired) electrons. The highest BCUT2D eigenvalue weighted by atomic mass is 19.1. The molecule has 0 unspecified atom stereocenters. The number of rotatable bonds is 1. The maximum absolute atomic E-state index is 13.2. The van der Waals surface area contributed by atoms with Gasteiger partial charge in [0.15, 0.2) is 5.76 Å². The molecule has 0 bridgehead atoms. The van der Waals surface area contributed by atoms with Gasteiger partial charge in [0.2, 0.25) is 5.76 Å². The Morgan fingerprint density at radius 2 is 1.84 bits per heavy atom. The molecule has 3 nitrogen and oxygen atoms in total. The zero-order valence-corrected chi connectivity index (χ0v) is 10.6. The van der Waals surface area contributed by atoms with E-state index in [4.69, 9.17) is 9.52 Å². The standard InChI is InChI=1S/C13H7FO3.C2H6/c14-11-4-2-1-3-9(11)5-6-10-7-8-12(17-10)13(15)16;1-2/h1-4,7-8H,(H,15,16);1-2H3. The minimum Gasteiger partial charge on any atom is -0.475 e. The van der Waals surface area contributed by atoms with Crippen molar-refractivity contribution in [2.24, 2.45) is 0 Å². The van der Waals surface area contributed by atoms with E-state index < -0.39 is 11.8 Å². The molecule has 19 heavy (non-hydrogen) atoms. The number of halogens is 1. The molecule has 0 aliphatic carbocycles. The van der Waals surface area contributed by atoms with Crippen molar-refractivity contribution < 1.29 is 18.7 Å².